The molecule has 0 aliphatic rings. The molecule has 0 aromatic heterocycles. The van der Waals surface area contributed by atoms with Gasteiger partial charge < -0.3 is 24.4 Å². The van der Waals surface area contributed by atoms with Gasteiger partial charge in [-0.05, 0) is 57.2 Å². The molecular formula is C22H28N2O5. The van der Waals surface area contributed by atoms with Crippen LogP contribution in [0.4, 0.5) is 5.69 Å². The normalized spacial score (nSPS) is 10.2. The Bertz CT molecular complexity index is 820. The van der Waals surface area contributed by atoms with Crippen LogP contribution in [-0.2, 0) is 4.79 Å². The maximum atomic E-state index is 12.5. The molecule has 2 aromatic carbocycles. The predicted molar refractivity (Wildman–Crippen MR) is 112 cm³/mol. The van der Waals surface area contributed by atoms with Gasteiger partial charge in [-0.1, -0.05) is 0 Å². The third-order valence-electron chi connectivity index (χ3n) is 3.97. The summed E-state index contributed by atoms with van der Waals surface area (Å²) in [5.41, 5.74) is 1.06. The van der Waals surface area contributed by atoms with Gasteiger partial charge in [-0.15, -0.1) is 0 Å². The first-order valence-electron chi connectivity index (χ1n) is 9.66. The molecular weight excluding hydrogens is 372 g/mol. The third-order valence-corrected chi connectivity index (χ3v) is 3.97. The number of amides is 2. The Morgan fingerprint density at radius 3 is 2.10 bits per heavy atom. The van der Waals surface area contributed by atoms with Gasteiger partial charge in [0.2, 0.25) is 5.91 Å². The van der Waals surface area contributed by atoms with Crippen molar-refractivity contribution in [3.63, 3.8) is 0 Å². The summed E-state index contributed by atoms with van der Waals surface area (Å²) < 4.78 is 16.5. The lowest BCUT2D eigenvalue weighted by Crippen LogP contribution is -2.34. The molecule has 0 spiro atoms. The number of nitrogens with one attached hydrogen (secondary N) is 1. The summed E-state index contributed by atoms with van der Waals surface area (Å²) in [6.07, 6.45) is 0. The molecule has 2 rings (SSSR count). The maximum absolute atomic E-state index is 12.5. The number of carbonyl (C=O) groups is 2. The molecule has 7 heteroatoms. The number of likely N-dealkylation sites (N-methyl/N-ethyl adjacent to an activating group) is 1. The lowest BCUT2D eigenvalue weighted by Gasteiger charge is -2.18. The topological polar surface area (TPSA) is 77.1 Å². The molecule has 0 saturated carbocycles. The SMILES string of the molecule is CCOc1ccc(C(=O)N(C)CC(=O)Nc2ccc(OCC)c(OCC)c2)cc1. The minimum Gasteiger partial charge on any atom is -0.494 e. The van der Waals surface area contributed by atoms with Crippen LogP contribution in [0.1, 0.15) is 31.1 Å². The third kappa shape index (κ3) is 6.41. The quantitative estimate of drug-likeness (QED) is 0.659. The molecule has 0 radical (unpaired) electrons. The minimum atomic E-state index is -0.307. The Morgan fingerprint density at radius 1 is 0.862 bits per heavy atom. The van der Waals surface area contributed by atoms with Gasteiger partial charge in [-0.25, -0.2) is 0 Å². The number of nitrogens with zero attached hydrogens (tertiary/aromatic N) is 1. The summed E-state index contributed by atoms with van der Waals surface area (Å²) in [6.45, 7) is 7.15. The summed E-state index contributed by atoms with van der Waals surface area (Å²) in [6, 6.07) is 12.0. The fourth-order valence-corrected chi connectivity index (χ4v) is 2.70. The molecule has 2 amide bonds. The smallest absolute Gasteiger partial charge is 0.254 e. The Morgan fingerprint density at radius 2 is 1.48 bits per heavy atom. The fraction of sp³-hybridized carbons (Fsp3) is 0.364. The lowest BCUT2D eigenvalue weighted by molar-refractivity contribution is -0.116. The van der Waals surface area contributed by atoms with Crippen LogP contribution in [0.3, 0.4) is 0 Å². The zero-order valence-corrected chi connectivity index (χ0v) is 17.4. The van der Waals surface area contributed by atoms with Crippen LogP contribution in [0.25, 0.3) is 0 Å². The van der Waals surface area contributed by atoms with Crippen LogP contribution in [0.15, 0.2) is 42.5 Å². The Hall–Kier alpha value is -3.22. The molecule has 0 heterocycles. The van der Waals surface area contributed by atoms with Crippen molar-refractivity contribution in [2.24, 2.45) is 0 Å². The molecule has 0 saturated heterocycles. The van der Waals surface area contributed by atoms with E-state index < -0.39 is 0 Å². The number of hydrogen-bond donors (Lipinski definition) is 1. The van der Waals surface area contributed by atoms with Crippen molar-refractivity contribution in [1.29, 1.82) is 0 Å². The zero-order valence-electron chi connectivity index (χ0n) is 17.4. The predicted octanol–water partition coefficient (Wildman–Crippen LogP) is 3.59. The van der Waals surface area contributed by atoms with E-state index in [9.17, 15) is 9.59 Å². The van der Waals surface area contributed by atoms with Crippen LogP contribution < -0.4 is 19.5 Å². The fourth-order valence-electron chi connectivity index (χ4n) is 2.70. The summed E-state index contributed by atoms with van der Waals surface area (Å²) in [4.78, 5) is 26.3. The van der Waals surface area contributed by atoms with E-state index in [1.807, 2.05) is 20.8 Å². The van der Waals surface area contributed by atoms with Gasteiger partial charge in [-0.3, -0.25) is 9.59 Å². The first-order chi connectivity index (χ1) is 14.0. The van der Waals surface area contributed by atoms with E-state index in [1.54, 1.807) is 49.5 Å². The van der Waals surface area contributed by atoms with Gasteiger partial charge in [0.15, 0.2) is 11.5 Å². The van der Waals surface area contributed by atoms with Gasteiger partial charge >= 0.3 is 0 Å². The number of carbonyl (C=O) groups excluding carboxylic acids is 2. The Labute approximate surface area is 171 Å². The van der Waals surface area contributed by atoms with E-state index in [0.29, 0.717) is 48.3 Å². The van der Waals surface area contributed by atoms with E-state index in [2.05, 4.69) is 5.32 Å². The number of ether oxygens (including phenoxy) is 3. The molecule has 0 bridgehead atoms. The zero-order chi connectivity index (χ0) is 21.2. The van der Waals surface area contributed by atoms with E-state index in [4.69, 9.17) is 14.2 Å². The van der Waals surface area contributed by atoms with E-state index >= 15 is 0 Å². The van der Waals surface area contributed by atoms with Crippen LogP contribution >= 0.6 is 0 Å². The Kier molecular flexibility index (Phi) is 8.33. The molecule has 0 fully saturated rings. The van der Waals surface area contributed by atoms with Crippen molar-refractivity contribution in [2.45, 2.75) is 20.8 Å². The van der Waals surface area contributed by atoms with Crippen molar-refractivity contribution in [1.82, 2.24) is 4.90 Å². The number of benzene rings is 2. The molecule has 7 nitrogen and oxygen atoms in total. The molecule has 0 atom stereocenters. The van der Waals surface area contributed by atoms with Gasteiger partial charge in [0.1, 0.15) is 5.75 Å². The monoisotopic (exact) mass is 400 g/mol. The number of hydrogen-bond acceptors (Lipinski definition) is 5. The first kappa shape index (κ1) is 22.1. The van der Waals surface area contributed by atoms with E-state index in [-0.39, 0.29) is 18.4 Å². The van der Waals surface area contributed by atoms with Gasteiger partial charge in [-0.2, -0.15) is 0 Å². The molecule has 0 aliphatic heterocycles. The molecule has 156 valence electrons. The number of rotatable bonds is 10. The number of anilines is 1. The van der Waals surface area contributed by atoms with Crippen LogP contribution in [0.2, 0.25) is 0 Å². The highest BCUT2D eigenvalue weighted by molar-refractivity contribution is 5.99. The second-order valence-electron chi connectivity index (χ2n) is 6.19. The van der Waals surface area contributed by atoms with Crippen molar-refractivity contribution < 1.29 is 23.8 Å². The average molecular weight is 400 g/mol. The van der Waals surface area contributed by atoms with Crippen molar-refractivity contribution >= 4 is 17.5 Å². The molecule has 0 aliphatic carbocycles. The largest absolute Gasteiger partial charge is 0.494 e. The standard InChI is InChI=1S/C22H28N2O5/c1-5-27-18-11-8-16(9-12-18)22(26)24(4)15-21(25)23-17-10-13-19(28-6-2)20(14-17)29-7-3/h8-14H,5-7,15H2,1-4H3,(H,23,25). The molecule has 0 unspecified atom stereocenters. The van der Waals surface area contributed by atoms with Crippen molar-refractivity contribution in [3.05, 3.63) is 48.0 Å². The summed E-state index contributed by atoms with van der Waals surface area (Å²) in [5.74, 6) is 1.33. The van der Waals surface area contributed by atoms with Crippen molar-refractivity contribution in [3.8, 4) is 17.2 Å². The van der Waals surface area contributed by atoms with Crippen LogP contribution in [0, 0.1) is 0 Å². The highest BCUT2D eigenvalue weighted by Crippen LogP contribution is 2.30. The minimum absolute atomic E-state index is 0.0801. The molecule has 1 N–H and O–H groups in total. The summed E-state index contributed by atoms with van der Waals surface area (Å²) in [5, 5.41) is 2.78. The van der Waals surface area contributed by atoms with Gasteiger partial charge in [0, 0.05) is 24.4 Å². The average Bonchev–Trinajstić information content (AvgIpc) is 2.70. The van der Waals surface area contributed by atoms with E-state index in [0.717, 1.165) is 0 Å². The second kappa shape index (κ2) is 10.9. The Balaban J connectivity index is 1.98. The highest BCUT2D eigenvalue weighted by atomic mass is 16.5. The first-order valence-corrected chi connectivity index (χ1v) is 9.66. The second-order valence-corrected chi connectivity index (χ2v) is 6.19. The lowest BCUT2D eigenvalue weighted by atomic mass is 10.2. The van der Waals surface area contributed by atoms with E-state index in [1.165, 1.54) is 4.90 Å². The maximum Gasteiger partial charge on any atom is 0.254 e. The molecule has 29 heavy (non-hydrogen) atoms. The van der Waals surface area contributed by atoms with Crippen LogP contribution in [0.5, 0.6) is 17.2 Å². The van der Waals surface area contributed by atoms with Gasteiger partial charge in [0.25, 0.3) is 5.91 Å². The van der Waals surface area contributed by atoms with Crippen molar-refractivity contribution in [2.75, 3.05) is 38.7 Å². The summed E-state index contributed by atoms with van der Waals surface area (Å²) in [7, 11) is 1.59. The highest BCUT2D eigenvalue weighted by Gasteiger charge is 2.16. The summed E-state index contributed by atoms with van der Waals surface area (Å²) >= 11 is 0. The van der Waals surface area contributed by atoms with Crippen LogP contribution in [-0.4, -0.2) is 50.1 Å². The van der Waals surface area contributed by atoms with Gasteiger partial charge in [0.05, 0.1) is 26.4 Å². The molecule has 2 aromatic rings.